The number of nitrogens with one attached hydrogen (secondary N) is 1. The van der Waals surface area contributed by atoms with Crippen LogP contribution >= 0.6 is 0 Å². The highest BCUT2D eigenvalue weighted by molar-refractivity contribution is 5.97. The Morgan fingerprint density at radius 3 is 2.38 bits per heavy atom. The third-order valence-electron chi connectivity index (χ3n) is 3.44. The van der Waals surface area contributed by atoms with E-state index in [4.69, 9.17) is 0 Å². The maximum atomic E-state index is 13.3. The van der Waals surface area contributed by atoms with Crippen LogP contribution in [0.1, 0.15) is 67.6 Å². The number of carbonyl (C=O) groups is 1. The van der Waals surface area contributed by atoms with E-state index in [2.05, 4.69) is 19.2 Å². The van der Waals surface area contributed by atoms with Gasteiger partial charge in [-0.3, -0.25) is 4.79 Å². The van der Waals surface area contributed by atoms with Gasteiger partial charge in [0.05, 0.1) is 0 Å². The van der Waals surface area contributed by atoms with Crippen LogP contribution in [-0.4, -0.2) is 12.3 Å². The lowest BCUT2D eigenvalue weighted by Crippen LogP contribution is -2.19. The molecule has 0 spiro atoms. The van der Waals surface area contributed by atoms with Crippen LogP contribution in [0.2, 0.25) is 0 Å². The molecule has 1 aromatic carbocycles. The SMILES string of the molecule is CCC(=O)c1cc(CNCC(C)C)cc(C(F)F)c1CC. The van der Waals surface area contributed by atoms with Gasteiger partial charge in [0.1, 0.15) is 0 Å². The number of ketones is 1. The van der Waals surface area contributed by atoms with E-state index in [-0.39, 0.29) is 11.3 Å². The highest BCUT2D eigenvalue weighted by Crippen LogP contribution is 2.28. The molecule has 0 fully saturated rings. The minimum Gasteiger partial charge on any atom is -0.312 e. The van der Waals surface area contributed by atoms with Gasteiger partial charge in [-0.05, 0) is 42.1 Å². The second-order valence-electron chi connectivity index (χ2n) is 5.67. The Labute approximate surface area is 125 Å². The van der Waals surface area contributed by atoms with Gasteiger partial charge in [-0.1, -0.05) is 27.7 Å². The summed E-state index contributed by atoms with van der Waals surface area (Å²) in [7, 11) is 0. The minimum atomic E-state index is -2.55. The molecular weight excluding hydrogens is 272 g/mol. The molecule has 4 heteroatoms. The van der Waals surface area contributed by atoms with Crippen LogP contribution in [0.4, 0.5) is 8.78 Å². The van der Waals surface area contributed by atoms with Crippen molar-refractivity contribution in [2.45, 2.75) is 53.5 Å². The summed E-state index contributed by atoms with van der Waals surface area (Å²) < 4.78 is 26.5. The predicted molar refractivity (Wildman–Crippen MR) is 81.9 cm³/mol. The van der Waals surface area contributed by atoms with E-state index < -0.39 is 6.43 Å². The molecule has 1 rings (SSSR count). The third-order valence-corrected chi connectivity index (χ3v) is 3.44. The molecule has 0 aliphatic rings. The van der Waals surface area contributed by atoms with Gasteiger partial charge in [0.15, 0.2) is 5.78 Å². The molecule has 1 N–H and O–H groups in total. The van der Waals surface area contributed by atoms with Gasteiger partial charge in [-0.2, -0.15) is 0 Å². The Balaban J connectivity index is 3.15. The van der Waals surface area contributed by atoms with Gasteiger partial charge in [0.25, 0.3) is 6.43 Å². The minimum absolute atomic E-state index is 0.00172. The summed E-state index contributed by atoms with van der Waals surface area (Å²) in [6, 6.07) is 3.30. The van der Waals surface area contributed by atoms with E-state index in [1.165, 1.54) is 6.07 Å². The van der Waals surface area contributed by atoms with Crippen LogP contribution in [-0.2, 0) is 13.0 Å². The van der Waals surface area contributed by atoms with Crippen LogP contribution in [0, 0.1) is 5.92 Å². The second kappa shape index (κ2) is 8.23. The molecule has 118 valence electrons. The molecule has 0 saturated heterocycles. The van der Waals surface area contributed by atoms with Crippen LogP contribution in [0.3, 0.4) is 0 Å². The summed E-state index contributed by atoms with van der Waals surface area (Å²) in [5, 5.41) is 3.23. The molecule has 0 aromatic heterocycles. The highest BCUT2D eigenvalue weighted by Gasteiger charge is 2.19. The monoisotopic (exact) mass is 297 g/mol. The maximum Gasteiger partial charge on any atom is 0.264 e. The average molecular weight is 297 g/mol. The molecule has 1 aromatic rings. The van der Waals surface area contributed by atoms with Crippen molar-refractivity contribution in [2.75, 3.05) is 6.54 Å². The Morgan fingerprint density at radius 1 is 1.24 bits per heavy atom. The van der Waals surface area contributed by atoms with E-state index in [0.717, 1.165) is 12.1 Å². The normalized spacial score (nSPS) is 11.4. The highest BCUT2D eigenvalue weighted by atomic mass is 19.3. The number of hydrogen-bond donors (Lipinski definition) is 1. The lowest BCUT2D eigenvalue weighted by atomic mass is 9.92. The van der Waals surface area contributed by atoms with Crippen molar-refractivity contribution in [1.82, 2.24) is 5.32 Å². The van der Waals surface area contributed by atoms with E-state index in [0.29, 0.717) is 36.4 Å². The van der Waals surface area contributed by atoms with Gasteiger partial charge in [-0.15, -0.1) is 0 Å². The van der Waals surface area contributed by atoms with Crippen molar-refractivity contribution in [2.24, 2.45) is 5.92 Å². The lowest BCUT2D eigenvalue weighted by Gasteiger charge is -2.16. The smallest absolute Gasteiger partial charge is 0.264 e. The van der Waals surface area contributed by atoms with Crippen LogP contribution in [0.5, 0.6) is 0 Å². The number of halogens is 2. The van der Waals surface area contributed by atoms with Crippen molar-refractivity contribution in [3.8, 4) is 0 Å². The van der Waals surface area contributed by atoms with Gasteiger partial charge >= 0.3 is 0 Å². The van der Waals surface area contributed by atoms with Crippen molar-refractivity contribution in [3.05, 3.63) is 34.4 Å². The lowest BCUT2D eigenvalue weighted by molar-refractivity contribution is 0.0986. The van der Waals surface area contributed by atoms with E-state index >= 15 is 0 Å². The zero-order valence-electron chi connectivity index (χ0n) is 13.3. The fraction of sp³-hybridized carbons (Fsp3) is 0.588. The fourth-order valence-electron chi connectivity index (χ4n) is 2.39. The van der Waals surface area contributed by atoms with E-state index in [9.17, 15) is 13.6 Å². The molecular formula is C17H25F2NO. The van der Waals surface area contributed by atoms with Gasteiger partial charge in [-0.25, -0.2) is 8.78 Å². The average Bonchev–Trinajstić information content (AvgIpc) is 2.44. The number of alkyl halides is 2. The Bertz CT molecular complexity index is 484. The molecule has 0 aliphatic heterocycles. The Kier molecular flexibility index (Phi) is 6.96. The van der Waals surface area contributed by atoms with Crippen LogP contribution in [0.15, 0.2) is 12.1 Å². The number of rotatable bonds is 8. The summed E-state index contributed by atoms with van der Waals surface area (Å²) in [6.07, 6.45) is -1.77. The molecule has 0 aliphatic carbocycles. The number of Topliss-reactive ketones (excluding diaryl/α,β-unsaturated/α-hetero) is 1. The largest absolute Gasteiger partial charge is 0.312 e. The third kappa shape index (κ3) is 4.88. The summed E-state index contributed by atoms with van der Waals surface area (Å²) in [5.74, 6) is 0.422. The van der Waals surface area contributed by atoms with E-state index in [1.54, 1.807) is 13.0 Å². The molecule has 21 heavy (non-hydrogen) atoms. The number of hydrogen-bond acceptors (Lipinski definition) is 2. The first kappa shape index (κ1) is 17.8. The summed E-state index contributed by atoms with van der Waals surface area (Å²) in [6.45, 7) is 9.06. The van der Waals surface area contributed by atoms with Crippen molar-refractivity contribution < 1.29 is 13.6 Å². The Hall–Kier alpha value is -1.29. The predicted octanol–water partition coefficient (Wildman–Crippen LogP) is 4.52. The maximum absolute atomic E-state index is 13.3. The quantitative estimate of drug-likeness (QED) is 0.714. The Morgan fingerprint density at radius 2 is 1.90 bits per heavy atom. The number of carbonyl (C=O) groups excluding carboxylic acids is 1. The molecule has 0 heterocycles. The molecule has 0 amide bonds. The summed E-state index contributed by atoms with van der Waals surface area (Å²) in [5.41, 5.74) is 1.70. The summed E-state index contributed by atoms with van der Waals surface area (Å²) >= 11 is 0. The molecule has 2 nitrogen and oxygen atoms in total. The van der Waals surface area contributed by atoms with Crippen LogP contribution < -0.4 is 5.32 Å². The van der Waals surface area contributed by atoms with Crippen molar-refractivity contribution in [1.29, 1.82) is 0 Å². The van der Waals surface area contributed by atoms with Gasteiger partial charge in [0, 0.05) is 24.1 Å². The summed E-state index contributed by atoms with van der Waals surface area (Å²) in [4.78, 5) is 12.0. The molecule has 0 saturated carbocycles. The number of benzene rings is 1. The standard InChI is InChI=1S/C17H25F2NO/c1-5-13-14(16(21)6-2)7-12(8-15(13)17(18)19)10-20-9-11(3)4/h7-8,11,17,20H,5-6,9-10H2,1-4H3. The van der Waals surface area contributed by atoms with Crippen molar-refractivity contribution >= 4 is 5.78 Å². The molecule has 0 unspecified atom stereocenters. The molecule has 0 radical (unpaired) electrons. The van der Waals surface area contributed by atoms with Crippen LogP contribution in [0.25, 0.3) is 0 Å². The van der Waals surface area contributed by atoms with Crippen molar-refractivity contribution in [3.63, 3.8) is 0 Å². The molecule has 0 bridgehead atoms. The zero-order valence-corrected chi connectivity index (χ0v) is 13.3. The topological polar surface area (TPSA) is 29.1 Å². The van der Waals surface area contributed by atoms with Gasteiger partial charge < -0.3 is 5.32 Å². The zero-order chi connectivity index (χ0) is 16.0. The van der Waals surface area contributed by atoms with E-state index in [1.807, 2.05) is 6.92 Å². The van der Waals surface area contributed by atoms with Gasteiger partial charge in [0.2, 0.25) is 0 Å². The first-order valence-electron chi connectivity index (χ1n) is 7.58. The first-order chi connectivity index (χ1) is 9.90. The second-order valence-corrected chi connectivity index (χ2v) is 5.67. The first-order valence-corrected chi connectivity index (χ1v) is 7.58. The fourth-order valence-corrected chi connectivity index (χ4v) is 2.39. The molecule has 0 atom stereocenters.